The normalized spacial score (nSPS) is 15.8. The number of hydrogen-bond acceptors (Lipinski definition) is 6. The summed E-state index contributed by atoms with van der Waals surface area (Å²) in [5.41, 5.74) is 5.84. The summed E-state index contributed by atoms with van der Waals surface area (Å²) in [4.78, 5) is 22.2. The predicted octanol–water partition coefficient (Wildman–Crippen LogP) is 4.83. The number of benzene rings is 2. The third-order valence-electron chi connectivity index (χ3n) is 6.38. The Morgan fingerprint density at radius 2 is 1.91 bits per heavy atom. The molecule has 1 fully saturated rings. The van der Waals surface area contributed by atoms with Crippen molar-refractivity contribution in [1.29, 1.82) is 0 Å². The summed E-state index contributed by atoms with van der Waals surface area (Å²) in [5.74, 6) is 0. The zero-order valence-corrected chi connectivity index (χ0v) is 19.6. The number of amides is 1. The fourth-order valence-corrected chi connectivity index (χ4v) is 5.54. The Balaban J connectivity index is 1.15. The number of rotatable bonds is 5. The smallest absolute Gasteiger partial charge is 0.414 e. The average molecular weight is 472 g/mol. The second kappa shape index (κ2) is 8.95. The van der Waals surface area contributed by atoms with Gasteiger partial charge >= 0.3 is 6.09 Å². The lowest BCUT2D eigenvalue weighted by Crippen LogP contribution is -2.38. The van der Waals surface area contributed by atoms with Gasteiger partial charge in [-0.25, -0.2) is 14.5 Å². The zero-order chi connectivity index (χ0) is 22.9. The number of aromatic nitrogens is 3. The highest BCUT2D eigenvalue weighted by Crippen LogP contribution is 2.31. The molecule has 0 N–H and O–H groups in total. The SMILES string of the molecule is O=C1OCCCN1c1ccc2c(c1)CN(c1ncc(Cc3ccc(-n4cccn4)cc3)s1)CC2. The minimum atomic E-state index is -0.249. The first-order valence-electron chi connectivity index (χ1n) is 11.6. The maximum Gasteiger partial charge on any atom is 0.414 e. The van der Waals surface area contributed by atoms with Crippen LogP contribution < -0.4 is 9.80 Å². The van der Waals surface area contributed by atoms with E-state index in [1.54, 1.807) is 22.4 Å². The van der Waals surface area contributed by atoms with E-state index in [2.05, 4.69) is 46.4 Å². The summed E-state index contributed by atoms with van der Waals surface area (Å²) in [6.45, 7) is 2.97. The standard InChI is InChI=1S/C26H25N5O2S/c32-26-30(11-2-14-33-26)23-8-5-20-9-13-29(18-21(20)16-23)25-27-17-24(34-25)15-19-3-6-22(7-4-19)31-12-1-10-28-31/h1,3-8,10,12,16-17H,2,9,11,13-15,18H2. The molecule has 1 saturated heterocycles. The molecule has 0 aliphatic carbocycles. The van der Waals surface area contributed by atoms with Crippen molar-refractivity contribution in [3.63, 3.8) is 0 Å². The zero-order valence-electron chi connectivity index (χ0n) is 18.8. The van der Waals surface area contributed by atoms with Gasteiger partial charge in [0.05, 0.1) is 12.3 Å². The molecule has 8 heteroatoms. The lowest BCUT2D eigenvalue weighted by molar-refractivity contribution is 0.140. The molecule has 4 heterocycles. The van der Waals surface area contributed by atoms with Crippen molar-refractivity contribution in [2.45, 2.75) is 25.8 Å². The predicted molar refractivity (Wildman–Crippen MR) is 133 cm³/mol. The molecule has 0 atom stereocenters. The van der Waals surface area contributed by atoms with Gasteiger partial charge in [0, 0.05) is 55.2 Å². The van der Waals surface area contributed by atoms with Crippen LogP contribution in [0.25, 0.3) is 5.69 Å². The van der Waals surface area contributed by atoms with Crippen molar-refractivity contribution in [3.8, 4) is 5.69 Å². The number of anilines is 2. The Morgan fingerprint density at radius 3 is 2.74 bits per heavy atom. The van der Waals surface area contributed by atoms with Crippen LogP contribution in [0.15, 0.2) is 67.1 Å². The molecule has 0 saturated carbocycles. The van der Waals surface area contributed by atoms with Crippen molar-refractivity contribution in [1.82, 2.24) is 14.8 Å². The van der Waals surface area contributed by atoms with E-state index in [1.165, 1.54) is 21.6 Å². The highest BCUT2D eigenvalue weighted by Gasteiger charge is 2.24. The van der Waals surface area contributed by atoms with Gasteiger partial charge in [-0.2, -0.15) is 5.10 Å². The molecule has 1 amide bonds. The minimum absolute atomic E-state index is 0.249. The number of nitrogens with zero attached hydrogens (tertiary/aromatic N) is 5. The van der Waals surface area contributed by atoms with Crippen molar-refractivity contribution in [2.75, 3.05) is 29.5 Å². The van der Waals surface area contributed by atoms with E-state index in [0.29, 0.717) is 13.2 Å². The summed E-state index contributed by atoms with van der Waals surface area (Å²) in [6.07, 6.45) is 8.18. The topological polar surface area (TPSA) is 63.5 Å². The van der Waals surface area contributed by atoms with E-state index in [9.17, 15) is 4.79 Å². The van der Waals surface area contributed by atoms with Crippen LogP contribution >= 0.6 is 11.3 Å². The first-order valence-corrected chi connectivity index (χ1v) is 12.4. The number of fused-ring (bicyclic) bond motifs is 1. The number of hydrogen-bond donors (Lipinski definition) is 0. The molecular weight excluding hydrogens is 446 g/mol. The van der Waals surface area contributed by atoms with Gasteiger partial charge < -0.3 is 9.64 Å². The van der Waals surface area contributed by atoms with E-state index in [0.717, 1.165) is 48.9 Å². The first kappa shape index (κ1) is 20.9. The van der Waals surface area contributed by atoms with Crippen molar-refractivity contribution < 1.29 is 9.53 Å². The molecule has 0 unspecified atom stereocenters. The van der Waals surface area contributed by atoms with E-state index in [-0.39, 0.29) is 6.09 Å². The molecule has 0 bridgehead atoms. The van der Waals surface area contributed by atoms with E-state index in [1.807, 2.05) is 29.2 Å². The fourth-order valence-electron chi connectivity index (χ4n) is 4.57. The molecule has 2 aromatic heterocycles. The first-order chi connectivity index (χ1) is 16.7. The Labute approximate surface area is 202 Å². The van der Waals surface area contributed by atoms with Crippen molar-refractivity contribution in [2.24, 2.45) is 0 Å². The Hall–Kier alpha value is -3.65. The van der Waals surface area contributed by atoms with Gasteiger partial charge in [0.1, 0.15) is 0 Å². The van der Waals surface area contributed by atoms with Gasteiger partial charge in [0.2, 0.25) is 0 Å². The van der Waals surface area contributed by atoms with Gasteiger partial charge in [-0.3, -0.25) is 4.90 Å². The summed E-state index contributed by atoms with van der Waals surface area (Å²) in [5, 5.41) is 5.34. The molecule has 4 aromatic rings. The largest absolute Gasteiger partial charge is 0.449 e. The maximum absolute atomic E-state index is 12.2. The lowest BCUT2D eigenvalue weighted by Gasteiger charge is -2.31. The molecule has 2 aliphatic rings. The van der Waals surface area contributed by atoms with Gasteiger partial charge in [-0.15, -0.1) is 11.3 Å². The average Bonchev–Trinajstić information content (AvgIpc) is 3.57. The second-order valence-electron chi connectivity index (χ2n) is 8.65. The van der Waals surface area contributed by atoms with E-state index < -0.39 is 0 Å². The number of cyclic esters (lactones) is 1. The molecule has 34 heavy (non-hydrogen) atoms. The molecule has 6 rings (SSSR count). The van der Waals surface area contributed by atoms with Crippen LogP contribution in [-0.2, 0) is 24.1 Å². The second-order valence-corrected chi connectivity index (χ2v) is 9.74. The highest BCUT2D eigenvalue weighted by atomic mass is 32.1. The number of carbonyl (C=O) groups excluding carboxylic acids is 1. The van der Waals surface area contributed by atoms with Crippen LogP contribution in [-0.4, -0.2) is 40.6 Å². The number of carbonyl (C=O) groups is 1. The van der Waals surface area contributed by atoms with Gasteiger partial charge in [0.25, 0.3) is 0 Å². The van der Waals surface area contributed by atoms with E-state index >= 15 is 0 Å². The Bertz CT molecular complexity index is 1300. The fraction of sp³-hybridized carbons (Fsp3) is 0.269. The highest BCUT2D eigenvalue weighted by molar-refractivity contribution is 7.15. The van der Waals surface area contributed by atoms with Gasteiger partial charge in [0.15, 0.2) is 5.13 Å². The number of thiazole rings is 1. The van der Waals surface area contributed by atoms with Crippen LogP contribution in [0.1, 0.15) is 28.0 Å². The summed E-state index contributed by atoms with van der Waals surface area (Å²) < 4.78 is 7.08. The molecule has 172 valence electrons. The maximum atomic E-state index is 12.2. The third-order valence-corrected chi connectivity index (χ3v) is 7.44. The quantitative estimate of drug-likeness (QED) is 0.417. The third kappa shape index (κ3) is 4.17. The van der Waals surface area contributed by atoms with Crippen LogP contribution in [0.2, 0.25) is 0 Å². The van der Waals surface area contributed by atoms with Crippen LogP contribution in [0.3, 0.4) is 0 Å². The molecule has 2 aromatic carbocycles. The molecule has 2 aliphatic heterocycles. The van der Waals surface area contributed by atoms with Crippen LogP contribution in [0, 0.1) is 0 Å². The van der Waals surface area contributed by atoms with Crippen LogP contribution in [0.5, 0.6) is 0 Å². The molecular formula is C26H25N5O2S. The summed E-state index contributed by atoms with van der Waals surface area (Å²) >= 11 is 1.76. The summed E-state index contributed by atoms with van der Waals surface area (Å²) in [7, 11) is 0. The Morgan fingerprint density at radius 1 is 1.03 bits per heavy atom. The minimum Gasteiger partial charge on any atom is -0.449 e. The Kier molecular flexibility index (Phi) is 5.50. The van der Waals surface area contributed by atoms with Gasteiger partial charge in [-0.05, 0) is 59.9 Å². The molecule has 0 radical (unpaired) electrons. The molecule has 7 nitrogen and oxygen atoms in total. The monoisotopic (exact) mass is 471 g/mol. The van der Waals surface area contributed by atoms with Crippen molar-refractivity contribution >= 4 is 28.2 Å². The van der Waals surface area contributed by atoms with Crippen LogP contribution in [0.4, 0.5) is 15.6 Å². The summed E-state index contributed by atoms with van der Waals surface area (Å²) in [6, 6.07) is 16.8. The van der Waals surface area contributed by atoms with Gasteiger partial charge in [-0.1, -0.05) is 18.2 Å². The van der Waals surface area contributed by atoms with E-state index in [4.69, 9.17) is 9.72 Å². The number of ether oxygens (including phenoxy) is 1. The lowest BCUT2D eigenvalue weighted by atomic mass is 9.99. The molecule has 0 spiro atoms. The van der Waals surface area contributed by atoms with Crippen molar-refractivity contribution in [3.05, 3.63) is 88.7 Å².